The van der Waals surface area contributed by atoms with Gasteiger partial charge in [0.05, 0.1) is 11.4 Å². The van der Waals surface area contributed by atoms with E-state index in [-0.39, 0.29) is 19.6 Å². The standard InChI is InChI=1S/C22H50N4O7S/c1-3-5-7-9-21(11-13-23-15-17-25-19-31-27)33-34(29,30)22(10-8-6-4-2)12-14-24-16-18-26-20-32-28/h21-28H,3-20H2,1-2H3. The lowest BCUT2D eigenvalue weighted by Gasteiger charge is -2.23. The fraction of sp³-hybridized carbons (Fsp3) is 1.00. The molecule has 0 heterocycles. The number of hydrogen-bond donors (Lipinski definition) is 6. The average molecular weight is 515 g/mol. The van der Waals surface area contributed by atoms with E-state index in [0.29, 0.717) is 58.5 Å². The number of hydrogen-bond acceptors (Lipinski definition) is 11. The van der Waals surface area contributed by atoms with E-state index in [0.717, 1.165) is 44.9 Å². The van der Waals surface area contributed by atoms with Gasteiger partial charge < -0.3 is 10.6 Å². The Morgan fingerprint density at radius 3 is 1.68 bits per heavy atom. The molecule has 0 aliphatic carbocycles. The monoisotopic (exact) mass is 514 g/mol. The summed E-state index contributed by atoms with van der Waals surface area (Å²) < 4.78 is 32.2. The maximum Gasteiger partial charge on any atom is 0.270 e. The van der Waals surface area contributed by atoms with Crippen molar-refractivity contribution in [1.82, 2.24) is 21.3 Å². The van der Waals surface area contributed by atoms with Crippen molar-refractivity contribution < 1.29 is 32.9 Å². The summed E-state index contributed by atoms with van der Waals surface area (Å²) in [6.07, 6.45) is 8.10. The SMILES string of the molecule is CCCCCC(CCNCCNCOO)OS(=O)(=O)C(CCCCC)CCNCCNCOO. The molecule has 0 radical (unpaired) electrons. The van der Waals surface area contributed by atoms with Gasteiger partial charge in [0.2, 0.25) is 0 Å². The van der Waals surface area contributed by atoms with Gasteiger partial charge in [-0.2, -0.15) is 8.42 Å². The lowest BCUT2D eigenvalue weighted by atomic mass is 10.1. The zero-order valence-electron chi connectivity index (χ0n) is 21.2. The molecule has 0 rings (SSSR count). The first-order chi connectivity index (χ1) is 16.5. The molecule has 206 valence electrons. The molecule has 0 spiro atoms. The van der Waals surface area contributed by atoms with E-state index in [4.69, 9.17) is 14.7 Å². The molecule has 0 aliphatic heterocycles. The van der Waals surface area contributed by atoms with Crippen molar-refractivity contribution in [2.75, 3.05) is 52.7 Å². The Hall–Kier alpha value is -0.410. The van der Waals surface area contributed by atoms with Crippen molar-refractivity contribution in [2.45, 2.75) is 89.4 Å². The molecule has 6 N–H and O–H groups in total. The van der Waals surface area contributed by atoms with Gasteiger partial charge in [0.15, 0.2) is 0 Å². The minimum Gasteiger partial charge on any atom is -0.315 e. The maximum atomic E-state index is 13.2. The molecule has 0 saturated carbocycles. The first kappa shape index (κ1) is 33.6. The van der Waals surface area contributed by atoms with Gasteiger partial charge in [0.25, 0.3) is 10.1 Å². The molecule has 2 unspecified atom stereocenters. The van der Waals surface area contributed by atoms with Crippen LogP contribution in [0.15, 0.2) is 0 Å². The van der Waals surface area contributed by atoms with Crippen LogP contribution in [0.2, 0.25) is 0 Å². The van der Waals surface area contributed by atoms with Crippen molar-refractivity contribution in [3.05, 3.63) is 0 Å². The fourth-order valence-corrected chi connectivity index (χ4v) is 5.14. The number of nitrogens with one attached hydrogen (secondary N) is 4. The average Bonchev–Trinajstić information content (AvgIpc) is 2.81. The van der Waals surface area contributed by atoms with E-state index in [1.165, 1.54) is 0 Å². The molecule has 12 heteroatoms. The van der Waals surface area contributed by atoms with E-state index in [1.807, 2.05) is 0 Å². The lowest BCUT2D eigenvalue weighted by molar-refractivity contribution is -0.247. The summed E-state index contributed by atoms with van der Waals surface area (Å²) in [6.45, 7) is 8.17. The first-order valence-corrected chi connectivity index (χ1v) is 14.3. The largest absolute Gasteiger partial charge is 0.315 e. The Kier molecular flexibility index (Phi) is 24.0. The first-order valence-electron chi connectivity index (χ1n) is 12.8. The van der Waals surface area contributed by atoms with Crippen LogP contribution in [0.3, 0.4) is 0 Å². The summed E-state index contributed by atoms with van der Waals surface area (Å²) in [5, 5.41) is 28.4. The normalized spacial score (nSPS) is 13.9. The van der Waals surface area contributed by atoms with Crippen LogP contribution in [-0.4, -0.2) is 83.0 Å². The van der Waals surface area contributed by atoms with Crippen molar-refractivity contribution in [2.24, 2.45) is 0 Å². The van der Waals surface area contributed by atoms with Crippen LogP contribution >= 0.6 is 0 Å². The summed E-state index contributed by atoms with van der Waals surface area (Å²) in [5.74, 6) is 0. The van der Waals surface area contributed by atoms with E-state index < -0.39 is 15.4 Å². The van der Waals surface area contributed by atoms with Crippen LogP contribution in [-0.2, 0) is 24.1 Å². The van der Waals surface area contributed by atoms with Crippen molar-refractivity contribution in [1.29, 1.82) is 0 Å². The Morgan fingerprint density at radius 1 is 0.647 bits per heavy atom. The molecule has 0 bridgehead atoms. The van der Waals surface area contributed by atoms with Gasteiger partial charge in [0.1, 0.15) is 13.5 Å². The highest BCUT2D eigenvalue weighted by Crippen LogP contribution is 2.21. The Bertz CT molecular complexity index is 529. The molecule has 0 fully saturated rings. The molecule has 0 aromatic heterocycles. The molecule has 0 aromatic rings. The predicted octanol–water partition coefficient (Wildman–Crippen LogP) is 2.26. The highest BCUT2D eigenvalue weighted by Gasteiger charge is 2.29. The summed E-state index contributed by atoms with van der Waals surface area (Å²) >= 11 is 0. The van der Waals surface area contributed by atoms with Gasteiger partial charge in [-0.1, -0.05) is 52.4 Å². The highest BCUT2D eigenvalue weighted by atomic mass is 32.2. The molecular weight excluding hydrogens is 464 g/mol. The zero-order valence-corrected chi connectivity index (χ0v) is 22.0. The van der Waals surface area contributed by atoms with Crippen LogP contribution in [0.25, 0.3) is 0 Å². The van der Waals surface area contributed by atoms with E-state index in [9.17, 15) is 8.42 Å². The summed E-state index contributed by atoms with van der Waals surface area (Å²) in [7, 11) is -3.69. The topological polar surface area (TPSA) is 150 Å². The summed E-state index contributed by atoms with van der Waals surface area (Å²) in [6, 6.07) is 0. The van der Waals surface area contributed by atoms with Crippen molar-refractivity contribution in [3.8, 4) is 0 Å². The number of rotatable bonds is 27. The summed E-state index contributed by atoms with van der Waals surface area (Å²) in [4.78, 5) is 7.92. The van der Waals surface area contributed by atoms with Crippen LogP contribution in [0, 0.1) is 0 Å². The molecule has 0 aliphatic rings. The van der Waals surface area contributed by atoms with E-state index in [2.05, 4.69) is 44.9 Å². The Morgan fingerprint density at radius 2 is 1.15 bits per heavy atom. The number of unbranched alkanes of at least 4 members (excludes halogenated alkanes) is 4. The smallest absolute Gasteiger partial charge is 0.270 e. The Labute approximate surface area is 206 Å². The second-order valence-corrected chi connectivity index (χ2v) is 10.3. The minimum atomic E-state index is -3.69. The predicted molar refractivity (Wildman–Crippen MR) is 134 cm³/mol. The third-order valence-electron chi connectivity index (χ3n) is 5.51. The minimum absolute atomic E-state index is 0.0609. The van der Waals surface area contributed by atoms with Crippen LogP contribution in [0.4, 0.5) is 0 Å². The second kappa shape index (κ2) is 24.3. The summed E-state index contributed by atoms with van der Waals surface area (Å²) in [5.41, 5.74) is 0. The highest BCUT2D eigenvalue weighted by molar-refractivity contribution is 7.87. The third-order valence-corrected chi connectivity index (χ3v) is 7.34. The third kappa shape index (κ3) is 19.8. The molecule has 11 nitrogen and oxygen atoms in total. The van der Waals surface area contributed by atoms with Crippen molar-refractivity contribution in [3.63, 3.8) is 0 Å². The Balaban J connectivity index is 4.75. The quantitative estimate of drug-likeness (QED) is 0.0315. The van der Waals surface area contributed by atoms with Crippen molar-refractivity contribution >= 4 is 10.1 Å². The van der Waals surface area contributed by atoms with E-state index in [1.54, 1.807) is 0 Å². The maximum absolute atomic E-state index is 13.2. The van der Waals surface area contributed by atoms with Crippen LogP contribution < -0.4 is 21.3 Å². The van der Waals surface area contributed by atoms with Gasteiger partial charge in [0, 0.05) is 26.2 Å². The van der Waals surface area contributed by atoms with E-state index >= 15 is 0 Å². The fourth-order valence-electron chi connectivity index (χ4n) is 3.55. The van der Waals surface area contributed by atoms with Gasteiger partial charge in [-0.3, -0.25) is 25.3 Å². The molecular formula is C22H50N4O7S. The van der Waals surface area contributed by atoms with Crippen LogP contribution in [0.1, 0.15) is 78.1 Å². The lowest BCUT2D eigenvalue weighted by Crippen LogP contribution is -2.35. The van der Waals surface area contributed by atoms with Gasteiger partial charge in [-0.25, -0.2) is 9.78 Å². The molecule has 2 atom stereocenters. The molecule has 0 aromatic carbocycles. The molecule has 34 heavy (non-hydrogen) atoms. The van der Waals surface area contributed by atoms with Gasteiger partial charge in [-0.05, 0) is 38.8 Å². The van der Waals surface area contributed by atoms with Gasteiger partial charge in [-0.15, -0.1) is 0 Å². The molecule has 0 amide bonds. The molecule has 0 saturated heterocycles. The second-order valence-electron chi connectivity index (χ2n) is 8.45. The zero-order chi connectivity index (χ0) is 25.3. The van der Waals surface area contributed by atoms with Gasteiger partial charge >= 0.3 is 0 Å². The van der Waals surface area contributed by atoms with Crippen LogP contribution in [0.5, 0.6) is 0 Å².